The number of amides is 1. The van der Waals surface area contributed by atoms with Crippen LogP contribution in [0, 0.1) is 5.92 Å². The maximum atomic E-state index is 11.6. The lowest BCUT2D eigenvalue weighted by atomic mass is 10.2. The molecule has 1 unspecified atom stereocenters. The van der Waals surface area contributed by atoms with E-state index < -0.39 is 12.8 Å². The SMILES string of the molecule is CC(CO)CNC(=O)CCOCC(F)(F)F. The highest BCUT2D eigenvalue weighted by atomic mass is 19.4. The van der Waals surface area contributed by atoms with Crippen LogP contribution in [0.15, 0.2) is 0 Å². The number of nitrogens with one attached hydrogen (secondary N) is 1. The van der Waals surface area contributed by atoms with E-state index in [1.165, 1.54) is 0 Å². The van der Waals surface area contributed by atoms with Crippen LogP contribution in [0.4, 0.5) is 13.2 Å². The second-order valence-corrected chi connectivity index (χ2v) is 3.51. The van der Waals surface area contributed by atoms with E-state index in [4.69, 9.17) is 5.11 Å². The molecule has 0 aliphatic rings. The number of halogens is 3. The Bertz CT molecular complexity index is 209. The first kappa shape index (κ1) is 15.2. The molecule has 0 saturated carbocycles. The summed E-state index contributed by atoms with van der Waals surface area (Å²) in [6.45, 7) is 0.381. The lowest BCUT2D eigenvalue weighted by Crippen LogP contribution is -2.30. The summed E-state index contributed by atoms with van der Waals surface area (Å²) in [6, 6.07) is 0. The minimum atomic E-state index is -4.36. The minimum absolute atomic E-state index is 0.0507. The fourth-order valence-electron chi connectivity index (χ4n) is 0.794. The summed E-state index contributed by atoms with van der Waals surface area (Å²) in [5.74, 6) is -0.456. The number of rotatable bonds is 7. The van der Waals surface area contributed by atoms with Gasteiger partial charge in [0, 0.05) is 19.6 Å². The maximum Gasteiger partial charge on any atom is 0.411 e. The van der Waals surface area contributed by atoms with Gasteiger partial charge in [-0.05, 0) is 5.92 Å². The van der Waals surface area contributed by atoms with Crippen molar-refractivity contribution < 1.29 is 27.8 Å². The number of aliphatic hydroxyl groups excluding tert-OH is 1. The van der Waals surface area contributed by atoms with E-state index in [2.05, 4.69) is 10.1 Å². The smallest absolute Gasteiger partial charge is 0.396 e. The molecule has 1 amide bonds. The Morgan fingerprint density at radius 2 is 2.12 bits per heavy atom. The summed E-state index contributed by atoms with van der Waals surface area (Å²) >= 11 is 0. The van der Waals surface area contributed by atoms with Crippen molar-refractivity contribution in [1.82, 2.24) is 5.32 Å². The zero-order valence-electron chi connectivity index (χ0n) is 9.01. The Morgan fingerprint density at radius 1 is 1.50 bits per heavy atom. The summed E-state index contributed by atoms with van der Waals surface area (Å²) in [5.41, 5.74) is 0. The molecule has 1 atom stereocenters. The molecule has 0 radical (unpaired) electrons. The van der Waals surface area contributed by atoms with E-state index >= 15 is 0 Å². The summed E-state index contributed by atoms with van der Waals surface area (Å²) in [6.07, 6.45) is -4.48. The third kappa shape index (κ3) is 9.72. The Labute approximate surface area is 91.8 Å². The van der Waals surface area contributed by atoms with Crippen LogP contribution in [0.5, 0.6) is 0 Å². The van der Waals surface area contributed by atoms with Gasteiger partial charge in [0.15, 0.2) is 0 Å². The Kier molecular flexibility index (Phi) is 7.07. The molecule has 16 heavy (non-hydrogen) atoms. The fourth-order valence-corrected chi connectivity index (χ4v) is 0.794. The van der Waals surface area contributed by atoms with Crippen LogP contribution >= 0.6 is 0 Å². The summed E-state index contributed by atoms with van der Waals surface area (Å²) < 4.78 is 39.1. The average Bonchev–Trinajstić information content (AvgIpc) is 2.19. The predicted molar refractivity (Wildman–Crippen MR) is 50.8 cm³/mol. The van der Waals surface area contributed by atoms with Gasteiger partial charge in [-0.25, -0.2) is 0 Å². The van der Waals surface area contributed by atoms with Gasteiger partial charge in [-0.2, -0.15) is 13.2 Å². The number of hydrogen-bond donors (Lipinski definition) is 2. The lowest BCUT2D eigenvalue weighted by Gasteiger charge is -2.10. The first-order valence-corrected chi connectivity index (χ1v) is 4.87. The molecule has 0 saturated heterocycles. The van der Waals surface area contributed by atoms with Crippen molar-refractivity contribution in [3.63, 3.8) is 0 Å². The lowest BCUT2D eigenvalue weighted by molar-refractivity contribution is -0.174. The molecule has 0 rings (SSSR count). The van der Waals surface area contributed by atoms with Crippen LogP contribution in [0.1, 0.15) is 13.3 Å². The average molecular weight is 243 g/mol. The molecular weight excluding hydrogens is 227 g/mol. The predicted octanol–water partition coefficient (Wildman–Crippen LogP) is 0.700. The largest absolute Gasteiger partial charge is 0.411 e. The zero-order valence-corrected chi connectivity index (χ0v) is 9.01. The van der Waals surface area contributed by atoms with Crippen molar-refractivity contribution in [2.75, 3.05) is 26.4 Å². The van der Waals surface area contributed by atoms with Crippen molar-refractivity contribution >= 4 is 5.91 Å². The highest BCUT2D eigenvalue weighted by molar-refractivity contribution is 5.75. The van der Waals surface area contributed by atoms with Crippen molar-refractivity contribution in [2.24, 2.45) is 5.92 Å². The van der Waals surface area contributed by atoms with Gasteiger partial charge in [-0.3, -0.25) is 4.79 Å². The molecule has 0 aliphatic carbocycles. The first-order chi connectivity index (χ1) is 7.35. The van der Waals surface area contributed by atoms with E-state index in [-0.39, 0.29) is 31.5 Å². The molecule has 2 N–H and O–H groups in total. The number of aliphatic hydroxyl groups is 1. The molecule has 0 aromatic heterocycles. The van der Waals surface area contributed by atoms with E-state index in [1.54, 1.807) is 6.92 Å². The van der Waals surface area contributed by atoms with Gasteiger partial charge in [-0.15, -0.1) is 0 Å². The number of carbonyl (C=O) groups excluding carboxylic acids is 1. The molecule has 0 aromatic carbocycles. The van der Waals surface area contributed by atoms with Gasteiger partial charge >= 0.3 is 6.18 Å². The molecule has 96 valence electrons. The highest BCUT2D eigenvalue weighted by Crippen LogP contribution is 2.14. The fraction of sp³-hybridized carbons (Fsp3) is 0.889. The van der Waals surface area contributed by atoms with Crippen LogP contribution < -0.4 is 5.32 Å². The molecule has 7 heteroatoms. The second kappa shape index (κ2) is 7.45. The number of carbonyl (C=O) groups is 1. The maximum absolute atomic E-state index is 11.6. The van der Waals surface area contributed by atoms with Gasteiger partial charge in [0.2, 0.25) is 5.91 Å². The molecule has 4 nitrogen and oxygen atoms in total. The van der Waals surface area contributed by atoms with Gasteiger partial charge in [0.1, 0.15) is 6.61 Å². The number of ether oxygens (including phenoxy) is 1. The second-order valence-electron chi connectivity index (χ2n) is 3.51. The normalized spacial score (nSPS) is 13.6. The van der Waals surface area contributed by atoms with Crippen LogP contribution in [0.25, 0.3) is 0 Å². The molecular formula is C9H16F3NO3. The van der Waals surface area contributed by atoms with Gasteiger partial charge < -0.3 is 15.2 Å². The van der Waals surface area contributed by atoms with Crippen LogP contribution in [-0.2, 0) is 9.53 Å². The van der Waals surface area contributed by atoms with Crippen molar-refractivity contribution in [1.29, 1.82) is 0 Å². The third-order valence-corrected chi connectivity index (χ3v) is 1.70. The Balaban J connectivity index is 3.44. The van der Waals surface area contributed by atoms with Gasteiger partial charge in [0.05, 0.1) is 6.61 Å². The third-order valence-electron chi connectivity index (χ3n) is 1.70. The zero-order chi connectivity index (χ0) is 12.6. The topological polar surface area (TPSA) is 58.6 Å². The Hall–Kier alpha value is -0.820. The van der Waals surface area contributed by atoms with Crippen LogP contribution in [0.2, 0.25) is 0 Å². The van der Waals surface area contributed by atoms with Crippen LogP contribution in [0.3, 0.4) is 0 Å². The highest BCUT2D eigenvalue weighted by Gasteiger charge is 2.27. The van der Waals surface area contributed by atoms with Crippen LogP contribution in [-0.4, -0.2) is 43.6 Å². The molecule has 0 spiro atoms. The van der Waals surface area contributed by atoms with E-state index in [0.717, 1.165) is 0 Å². The van der Waals surface area contributed by atoms with E-state index in [0.29, 0.717) is 6.54 Å². The molecule has 0 aromatic rings. The monoisotopic (exact) mass is 243 g/mol. The molecule has 0 aliphatic heterocycles. The van der Waals surface area contributed by atoms with Gasteiger partial charge in [-0.1, -0.05) is 6.92 Å². The molecule has 0 fully saturated rings. The van der Waals surface area contributed by atoms with Crippen molar-refractivity contribution in [3.8, 4) is 0 Å². The quantitative estimate of drug-likeness (QED) is 0.647. The summed E-state index contributed by atoms with van der Waals surface area (Å²) in [7, 11) is 0. The minimum Gasteiger partial charge on any atom is -0.396 e. The van der Waals surface area contributed by atoms with E-state index in [9.17, 15) is 18.0 Å². The number of alkyl halides is 3. The van der Waals surface area contributed by atoms with E-state index in [1.807, 2.05) is 0 Å². The standard InChI is InChI=1S/C9H16F3NO3/c1-7(5-14)4-13-8(15)2-3-16-6-9(10,11)12/h7,14H,2-6H2,1H3,(H,13,15). The molecule has 0 bridgehead atoms. The first-order valence-electron chi connectivity index (χ1n) is 4.87. The van der Waals surface area contributed by atoms with Crippen molar-refractivity contribution in [3.05, 3.63) is 0 Å². The summed E-state index contributed by atoms with van der Waals surface area (Å²) in [4.78, 5) is 11.0. The summed E-state index contributed by atoms with van der Waals surface area (Å²) in [5, 5.41) is 11.1. The number of hydrogen-bond acceptors (Lipinski definition) is 3. The Morgan fingerprint density at radius 3 is 2.62 bits per heavy atom. The molecule has 0 heterocycles. The van der Waals surface area contributed by atoms with Gasteiger partial charge in [0.25, 0.3) is 0 Å². The van der Waals surface area contributed by atoms with Crippen molar-refractivity contribution in [2.45, 2.75) is 19.5 Å².